The molecule has 0 aliphatic carbocycles. The normalized spacial score (nSPS) is 15.6. The van der Waals surface area contributed by atoms with Gasteiger partial charge in [-0.2, -0.15) is 0 Å². The molecular weight excluding hydrogens is 314 g/mol. The van der Waals surface area contributed by atoms with E-state index in [1.54, 1.807) is 12.1 Å². The first-order valence-corrected chi connectivity index (χ1v) is 8.15. The number of nitrogens with one attached hydrogen (secondary N) is 1. The van der Waals surface area contributed by atoms with E-state index >= 15 is 0 Å². The minimum atomic E-state index is -0.158. The molecule has 0 spiro atoms. The smallest absolute Gasteiger partial charge is 0.287 e. The topological polar surface area (TPSA) is 48.7 Å². The predicted molar refractivity (Wildman–Crippen MR) is 91.1 cm³/mol. The minimum absolute atomic E-state index is 0.158. The fraction of sp³-hybridized carbons (Fsp3) is 0.353. The summed E-state index contributed by atoms with van der Waals surface area (Å²) in [6.07, 6.45) is 1.50. The van der Waals surface area contributed by atoms with Gasteiger partial charge in [-0.15, -0.1) is 0 Å². The maximum atomic E-state index is 11.8. The highest BCUT2D eigenvalue weighted by Gasteiger charge is 2.17. The van der Waals surface area contributed by atoms with Crippen LogP contribution in [0.1, 0.15) is 10.6 Å². The summed E-state index contributed by atoms with van der Waals surface area (Å²) in [7, 11) is 0. The van der Waals surface area contributed by atoms with E-state index in [1.165, 1.54) is 12.0 Å². The van der Waals surface area contributed by atoms with Gasteiger partial charge in [0, 0.05) is 50.0 Å². The van der Waals surface area contributed by atoms with Gasteiger partial charge in [0.2, 0.25) is 0 Å². The Labute approximate surface area is 140 Å². The zero-order valence-electron chi connectivity index (χ0n) is 12.9. The molecule has 1 aromatic heterocycles. The molecule has 1 fully saturated rings. The molecule has 5 nitrogen and oxygen atoms in total. The van der Waals surface area contributed by atoms with Crippen LogP contribution >= 0.6 is 11.6 Å². The third-order valence-electron chi connectivity index (χ3n) is 4.02. The summed E-state index contributed by atoms with van der Waals surface area (Å²) >= 11 is 5.93. The van der Waals surface area contributed by atoms with Crippen LogP contribution in [0.5, 0.6) is 0 Å². The van der Waals surface area contributed by atoms with E-state index in [9.17, 15) is 4.79 Å². The number of piperazine rings is 1. The lowest BCUT2D eigenvalue weighted by Crippen LogP contribution is -2.48. The Hall–Kier alpha value is -1.98. The number of amides is 1. The second kappa shape index (κ2) is 7.53. The molecule has 6 heteroatoms. The van der Waals surface area contributed by atoms with Crippen molar-refractivity contribution in [2.24, 2.45) is 0 Å². The molecule has 0 unspecified atom stereocenters. The van der Waals surface area contributed by atoms with Crippen molar-refractivity contribution in [3.05, 3.63) is 53.4 Å². The molecule has 1 aliphatic heterocycles. The van der Waals surface area contributed by atoms with Crippen LogP contribution in [-0.4, -0.2) is 50.1 Å². The van der Waals surface area contributed by atoms with Gasteiger partial charge in [0.15, 0.2) is 5.76 Å². The molecule has 2 heterocycles. The first kappa shape index (κ1) is 15.9. The lowest BCUT2D eigenvalue weighted by atomic mass is 10.2. The van der Waals surface area contributed by atoms with Gasteiger partial charge < -0.3 is 14.6 Å². The van der Waals surface area contributed by atoms with Crippen LogP contribution in [0.2, 0.25) is 5.02 Å². The van der Waals surface area contributed by atoms with Gasteiger partial charge in [-0.1, -0.05) is 11.6 Å². The van der Waals surface area contributed by atoms with Crippen molar-refractivity contribution < 1.29 is 9.21 Å². The molecule has 3 rings (SSSR count). The summed E-state index contributed by atoms with van der Waals surface area (Å²) in [6, 6.07) is 11.3. The van der Waals surface area contributed by atoms with E-state index in [0.717, 1.165) is 37.7 Å². The Morgan fingerprint density at radius 3 is 2.52 bits per heavy atom. The average Bonchev–Trinajstić information content (AvgIpc) is 3.11. The van der Waals surface area contributed by atoms with E-state index in [2.05, 4.69) is 27.2 Å². The molecule has 0 radical (unpaired) electrons. The van der Waals surface area contributed by atoms with Gasteiger partial charge in [0.05, 0.1) is 6.26 Å². The Kier molecular flexibility index (Phi) is 5.20. The maximum absolute atomic E-state index is 11.8. The number of hydrogen-bond donors (Lipinski definition) is 1. The van der Waals surface area contributed by atoms with Crippen LogP contribution in [0.4, 0.5) is 5.69 Å². The number of benzene rings is 1. The van der Waals surface area contributed by atoms with Crippen molar-refractivity contribution in [1.82, 2.24) is 10.2 Å². The number of carbonyl (C=O) groups is 1. The molecule has 0 saturated carbocycles. The molecule has 1 N–H and O–H groups in total. The number of nitrogens with zero attached hydrogens (tertiary/aromatic N) is 2. The SMILES string of the molecule is O=C(NCCN1CCN(c2ccc(Cl)cc2)CC1)c1ccco1. The summed E-state index contributed by atoms with van der Waals surface area (Å²) < 4.78 is 5.07. The van der Waals surface area contributed by atoms with Crippen LogP contribution in [0.15, 0.2) is 47.1 Å². The lowest BCUT2D eigenvalue weighted by molar-refractivity contribution is 0.0920. The van der Waals surface area contributed by atoms with Crippen molar-refractivity contribution in [3.8, 4) is 0 Å². The quantitative estimate of drug-likeness (QED) is 0.913. The lowest BCUT2D eigenvalue weighted by Gasteiger charge is -2.36. The molecule has 0 bridgehead atoms. The highest BCUT2D eigenvalue weighted by atomic mass is 35.5. The van der Waals surface area contributed by atoms with E-state index in [0.29, 0.717) is 12.3 Å². The van der Waals surface area contributed by atoms with Crippen molar-refractivity contribution in [2.75, 3.05) is 44.2 Å². The van der Waals surface area contributed by atoms with E-state index < -0.39 is 0 Å². The van der Waals surface area contributed by atoms with Crippen LogP contribution in [0, 0.1) is 0 Å². The third kappa shape index (κ3) is 4.27. The van der Waals surface area contributed by atoms with E-state index in [1.807, 2.05) is 12.1 Å². The first-order chi connectivity index (χ1) is 11.2. The highest BCUT2D eigenvalue weighted by molar-refractivity contribution is 6.30. The number of furan rings is 1. The van der Waals surface area contributed by atoms with E-state index in [4.69, 9.17) is 16.0 Å². The number of hydrogen-bond acceptors (Lipinski definition) is 4. The molecule has 2 aromatic rings. The Morgan fingerprint density at radius 1 is 1.13 bits per heavy atom. The van der Waals surface area contributed by atoms with Crippen molar-refractivity contribution in [2.45, 2.75) is 0 Å². The number of rotatable bonds is 5. The fourth-order valence-electron chi connectivity index (χ4n) is 2.70. The molecule has 0 atom stereocenters. The average molecular weight is 334 g/mol. The fourth-order valence-corrected chi connectivity index (χ4v) is 2.83. The van der Waals surface area contributed by atoms with Gasteiger partial charge in [-0.05, 0) is 36.4 Å². The van der Waals surface area contributed by atoms with Crippen LogP contribution in [-0.2, 0) is 0 Å². The van der Waals surface area contributed by atoms with Gasteiger partial charge in [0.1, 0.15) is 0 Å². The van der Waals surface area contributed by atoms with Gasteiger partial charge >= 0.3 is 0 Å². The zero-order chi connectivity index (χ0) is 16.1. The van der Waals surface area contributed by atoms with Crippen LogP contribution in [0.25, 0.3) is 0 Å². The Bertz CT molecular complexity index is 620. The van der Waals surface area contributed by atoms with Crippen LogP contribution < -0.4 is 10.2 Å². The molecule has 1 amide bonds. The number of anilines is 1. The van der Waals surface area contributed by atoms with E-state index in [-0.39, 0.29) is 5.91 Å². The first-order valence-electron chi connectivity index (χ1n) is 7.77. The largest absolute Gasteiger partial charge is 0.459 e. The second-order valence-electron chi connectivity index (χ2n) is 5.54. The Morgan fingerprint density at radius 2 is 1.87 bits per heavy atom. The summed E-state index contributed by atoms with van der Waals surface area (Å²) in [4.78, 5) is 16.5. The zero-order valence-corrected chi connectivity index (χ0v) is 13.6. The third-order valence-corrected chi connectivity index (χ3v) is 4.27. The Balaban J connectivity index is 1.39. The molecule has 23 heavy (non-hydrogen) atoms. The molecule has 1 aliphatic rings. The summed E-state index contributed by atoms with van der Waals surface area (Å²) in [5, 5.41) is 3.64. The van der Waals surface area contributed by atoms with Gasteiger partial charge in [-0.3, -0.25) is 9.69 Å². The van der Waals surface area contributed by atoms with Crippen molar-refractivity contribution >= 4 is 23.2 Å². The molecular formula is C17H20ClN3O2. The monoisotopic (exact) mass is 333 g/mol. The standard InChI is InChI=1S/C17H20ClN3O2/c18-14-3-5-15(6-4-14)21-11-9-20(10-12-21)8-7-19-17(22)16-2-1-13-23-16/h1-6,13H,7-12H2,(H,19,22). The van der Waals surface area contributed by atoms with Gasteiger partial charge in [0.25, 0.3) is 5.91 Å². The predicted octanol–water partition coefficient (Wildman–Crippen LogP) is 2.49. The highest BCUT2D eigenvalue weighted by Crippen LogP contribution is 2.19. The summed E-state index contributed by atoms with van der Waals surface area (Å²) in [5.74, 6) is 0.201. The molecule has 1 aromatic carbocycles. The second-order valence-corrected chi connectivity index (χ2v) is 5.97. The van der Waals surface area contributed by atoms with Gasteiger partial charge in [-0.25, -0.2) is 0 Å². The molecule has 1 saturated heterocycles. The summed E-state index contributed by atoms with van der Waals surface area (Å²) in [6.45, 7) is 5.40. The number of carbonyl (C=O) groups excluding carboxylic acids is 1. The number of halogens is 1. The minimum Gasteiger partial charge on any atom is -0.459 e. The van der Waals surface area contributed by atoms with Crippen molar-refractivity contribution in [1.29, 1.82) is 0 Å². The van der Waals surface area contributed by atoms with Crippen molar-refractivity contribution in [3.63, 3.8) is 0 Å². The maximum Gasteiger partial charge on any atom is 0.287 e. The van der Waals surface area contributed by atoms with Crippen LogP contribution in [0.3, 0.4) is 0 Å². The molecule has 122 valence electrons. The summed E-state index contributed by atoms with van der Waals surface area (Å²) in [5.41, 5.74) is 1.21.